The van der Waals surface area contributed by atoms with Crippen LogP contribution < -0.4 is 5.73 Å². The number of nitrogens with two attached hydrogens (primary N) is 1. The first-order valence-electron chi connectivity index (χ1n) is 6.28. The van der Waals surface area contributed by atoms with Gasteiger partial charge in [-0.3, -0.25) is 4.90 Å². The predicted octanol–water partition coefficient (Wildman–Crippen LogP) is 2.14. The molecule has 0 aliphatic rings. The maximum Gasteiger partial charge on any atom is 0.128 e. The average Bonchev–Trinajstić information content (AvgIpc) is 2.35. The van der Waals surface area contributed by atoms with E-state index in [2.05, 4.69) is 18.7 Å². The van der Waals surface area contributed by atoms with Crippen LogP contribution in [0.15, 0.2) is 18.2 Å². The largest absolute Gasteiger partial charge is 0.383 e. The molecular formula is C14H23FN2O. The van der Waals surface area contributed by atoms with E-state index >= 15 is 0 Å². The molecule has 1 aromatic carbocycles. The molecule has 1 aromatic rings. The maximum absolute atomic E-state index is 13.9. The van der Waals surface area contributed by atoms with Crippen LogP contribution in [-0.4, -0.2) is 31.2 Å². The highest BCUT2D eigenvalue weighted by atomic mass is 19.1. The highest BCUT2D eigenvalue weighted by Crippen LogP contribution is 2.14. The van der Waals surface area contributed by atoms with Crippen molar-refractivity contribution in [1.29, 1.82) is 0 Å². The quantitative estimate of drug-likeness (QED) is 0.810. The smallest absolute Gasteiger partial charge is 0.128 e. The number of methoxy groups -OCH3 is 1. The van der Waals surface area contributed by atoms with Crippen molar-refractivity contribution in [2.75, 3.05) is 20.3 Å². The molecule has 0 amide bonds. The van der Waals surface area contributed by atoms with E-state index in [1.54, 1.807) is 7.11 Å². The van der Waals surface area contributed by atoms with Crippen molar-refractivity contribution >= 4 is 0 Å². The van der Waals surface area contributed by atoms with Gasteiger partial charge in [0.1, 0.15) is 5.82 Å². The van der Waals surface area contributed by atoms with E-state index in [4.69, 9.17) is 10.5 Å². The molecule has 0 atom stereocenters. The first-order valence-corrected chi connectivity index (χ1v) is 6.28. The van der Waals surface area contributed by atoms with E-state index in [9.17, 15) is 4.39 Å². The van der Waals surface area contributed by atoms with Crippen LogP contribution in [0, 0.1) is 5.82 Å². The van der Waals surface area contributed by atoms with Gasteiger partial charge in [-0.1, -0.05) is 12.1 Å². The van der Waals surface area contributed by atoms with Gasteiger partial charge in [0.15, 0.2) is 0 Å². The summed E-state index contributed by atoms with van der Waals surface area (Å²) in [5.74, 6) is -0.180. The van der Waals surface area contributed by atoms with E-state index in [-0.39, 0.29) is 5.82 Å². The van der Waals surface area contributed by atoms with Gasteiger partial charge in [-0.2, -0.15) is 0 Å². The van der Waals surface area contributed by atoms with Gasteiger partial charge in [0.2, 0.25) is 0 Å². The standard InChI is InChI=1S/C14H23FN2O/c1-11(2)17(6-7-18-3)10-13-5-4-12(9-16)8-14(13)15/h4-5,8,11H,6-7,9-10,16H2,1-3H3. The molecule has 4 heteroatoms. The molecule has 0 radical (unpaired) electrons. The monoisotopic (exact) mass is 254 g/mol. The second kappa shape index (κ2) is 7.46. The SMILES string of the molecule is COCCN(Cc1ccc(CN)cc1F)C(C)C. The number of hydrogen-bond acceptors (Lipinski definition) is 3. The van der Waals surface area contributed by atoms with E-state index in [0.29, 0.717) is 31.3 Å². The molecule has 0 aliphatic carbocycles. The number of benzene rings is 1. The van der Waals surface area contributed by atoms with Crippen LogP contribution in [0.2, 0.25) is 0 Å². The van der Waals surface area contributed by atoms with Crippen LogP contribution in [0.1, 0.15) is 25.0 Å². The predicted molar refractivity (Wildman–Crippen MR) is 71.7 cm³/mol. The lowest BCUT2D eigenvalue weighted by molar-refractivity contribution is 0.124. The molecule has 0 saturated heterocycles. The zero-order valence-electron chi connectivity index (χ0n) is 11.4. The molecule has 0 heterocycles. The zero-order valence-corrected chi connectivity index (χ0v) is 11.4. The van der Waals surface area contributed by atoms with Gasteiger partial charge in [0.25, 0.3) is 0 Å². The van der Waals surface area contributed by atoms with Gasteiger partial charge in [-0.05, 0) is 25.5 Å². The highest BCUT2D eigenvalue weighted by molar-refractivity contribution is 5.24. The summed E-state index contributed by atoms with van der Waals surface area (Å²) in [6, 6.07) is 5.57. The summed E-state index contributed by atoms with van der Waals surface area (Å²) >= 11 is 0. The summed E-state index contributed by atoms with van der Waals surface area (Å²) in [5, 5.41) is 0. The Labute approximate surface area is 109 Å². The zero-order chi connectivity index (χ0) is 13.5. The summed E-state index contributed by atoms with van der Waals surface area (Å²) in [5.41, 5.74) is 7.02. The summed E-state index contributed by atoms with van der Waals surface area (Å²) in [6.07, 6.45) is 0. The van der Waals surface area contributed by atoms with Crippen LogP contribution >= 0.6 is 0 Å². The van der Waals surface area contributed by atoms with E-state index in [1.165, 1.54) is 6.07 Å². The first kappa shape index (κ1) is 15.1. The Kier molecular flexibility index (Phi) is 6.25. The van der Waals surface area contributed by atoms with Crippen molar-refractivity contribution in [3.8, 4) is 0 Å². The summed E-state index contributed by atoms with van der Waals surface area (Å²) in [7, 11) is 1.68. The molecular weight excluding hydrogens is 231 g/mol. The van der Waals surface area contributed by atoms with Gasteiger partial charge in [0, 0.05) is 38.3 Å². The number of halogens is 1. The Morgan fingerprint density at radius 1 is 1.39 bits per heavy atom. The topological polar surface area (TPSA) is 38.5 Å². The molecule has 0 aromatic heterocycles. The Bertz CT molecular complexity index is 369. The lowest BCUT2D eigenvalue weighted by Crippen LogP contribution is -2.33. The number of nitrogens with zero attached hydrogens (tertiary/aromatic N) is 1. The number of ether oxygens (including phenoxy) is 1. The lowest BCUT2D eigenvalue weighted by Gasteiger charge is -2.26. The van der Waals surface area contributed by atoms with Crippen molar-refractivity contribution in [2.45, 2.75) is 33.0 Å². The molecule has 0 fully saturated rings. The fourth-order valence-corrected chi connectivity index (χ4v) is 1.79. The van der Waals surface area contributed by atoms with Crippen molar-refractivity contribution in [2.24, 2.45) is 5.73 Å². The van der Waals surface area contributed by atoms with E-state index < -0.39 is 0 Å². The first-order chi connectivity index (χ1) is 8.58. The fourth-order valence-electron chi connectivity index (χ4n) is 1.79. The van der Waals surface area contributed by atoms with Crippen LogP contribution in [0.5, 0.6) is 0 Å². The van der Waals surface area contributed by atoms with Gasteiger partial charge in [0.05, 0.1) is 6.61 Å². The highest BCUT2D eigenvalue weighted by Gasteiger charge is 2.12. The molecule has 3 nitrogen and oxygen atoms in total. The minimum absolute atomic E-state index is 0.180. The fraction of sp³-hybridized carbons (Fsp3) is 0.571. The Hall–Kier alpha value is -0.970. The van der Waals surface area contributed by atoms with Crippen molar-refractivity contribution in [3.63, 3.8) is 0 Å². The van der Waals surface area contributed by atoms with Gasteiger partial charge < -0.3 is 10.5 Å². The van der Waals surface area contributed by atoms with Crippen molar-refractivity contribution in [3.05, 3.63) is 35.1 Å². The molecule has 18 heavy (non-hydrogen) atoms. The molecule has 0 unspecified atom stereocenters. The molecule has 1 rings (SSSR count). The van der Waals surface area contributed by atoms with E-state index in [0.717, 1.165) is 12.1 Å². The van der Waals surface area contributed by atoms with Crippen molar-refractivity contribution < 1.29 is 9.13 Å². The molecule has 0 saturated carbocycles. The van der Waals surface area contributed by atoms with Crippen LogP contribution in [0.4, 0.5) is 4.39 Å². The molecule has 0 bridgehead atoms. The normalized spacial score (nSPS) is 11.5. The third-order valence-electron chi connectivity index (χ3n) is 3.04. The van der Waals surface area contributed by atoms with Gasteiger partial charge >= 0.3 is 0 Å². The van der Waals surface area contributed by atoms with Crippen LogP contribution in [0.3, 0.4) is 0 Å². The second-order valence-corrected chi connectivity index (χ2v) is 4.69. The molecule has 102 valence electrons. The average molecular weight is 254 g/mol. The summed E-state index contributed by atoms with van der Waals surface area (Å²) < 4.78 is 18.9. The third-order valence-corrected chi connectivity index (χ3v) is 3.04. The van der Waals surface area contributed by atoms with Crippen LogP contribution in [0.25, 0.3) is 0 Å². The Balaban J connectivity index is 2.74. The van der Waals surface area contributed by atoms with E-state index in [1.807, 2.05) is 12.1 Å². The minimum atomic E-state index is -0.180. The summed E-state index contributed by atoms with van der Waals surface area (Å²) in [4.78, 5) is 2.18. The summed E-state index contributed by atoms with van der Waals surface area (Å²) in [6.45, 7) is 6.61. The van der Waals surface area contributed by atoms with Crippen LogP contribution in [-0.2, 0) is 17.8 Å². The number of hydrogen-bond donors (Lipinski definition) is 1. The van der Waals surface area contributed by atoms with Crippen molar-refractivity contribution in [1.82, 2.24) is 4.90 Å². The molecule has 2 N–H and O–H groups in total. The van der Waals surface area contributed by atoms with Gasteiger partial charge in [-0.25, -0.2) is 4.39 Å². The lowest BCUT2D eigenvalue weighted by atomic mass is 10.1. The third kappa shape index (κ3) is 4.37. The Morgan fingerprint density at radius 2 is 2.11 bits per heavy atom. The Morgan fingerprint density at radius 3 is 2.61 bits per heavy atom. The minimum Gasteiger partial charge on any atom is -0.383 e. The molecule has 0 spiro atoms. The molecule has 0 aliphatic heterocycles. The second-order valence-electron chi connectivity index (χ2n) is 4.69. The van der Waals surface area contributed by atoms with Gasteiger partial charge in [-0.15, -0.1) is 0 Å². The maximum atomic E-state index is 13.9. The number of rotatable bonds is 7.